The first-order valence-corrected chi connectivity index (χ1v) is 5.42. The lowest BCUT2D eigenvalue weighted by Gasteiger charge is -2.07. The molecule has 0 unspecified atom stereocenters. The lowest BCUT2D eigenvalue weighted by Crippen LogP contribution is -2.18. The Kier molecular flexibility index (Phi) is 4.54. The number of benzene rings is 1. The molecule has 0 N–H and O–H groups in total. The Bertz CT molecular complexity index is 350. The van der Waals surface area contributed by atoms with Crippen LogP contribution in [0.1, 0.15) is 5.56 Å². The number of alkyl halides is 1. The largest absolute Gasteiger partial charge is 0.468 e. The Morgan fingerprint density at radius 2 is 2.27 bits per heavy atom. The van der Waals surface area contributed by atoms with Gasteiger partial charge >= 0.3 is 5.97 Å². The molecule has 0 heterocycles. The van der Waals surface area contributed by atoms with E-state index < -0.39 is 11.3 Å². The fraction of sp³-hybridized carbons (Fsp3) is 0.300. The fourth-order valence-electron chi connectivity index (χ4n) is 1.15. The average Bonchev–Trinajstić information content (AvgIpc) is 2.14. The van der Waals surface area contributed by atoms with Crippen LogP contribution in [0.5, 0.6) is 0 Å². The van der Waals surface area contributed by atoms with Crippen molar-refractivity contribution < 1.29 is 13.9 Å². The summed E-state index contributed by atoms with van der Waals surface area (Å²) in [5.74, 6) is -0.884. The second-order valence-electron chi connectivity index (χ2n) is 2.97. The number of carbonyl (C=O) groups excluding carboxylic acids is 1. The molecule has 0 saturated heterocycles. The van der Waals surface area contributed by atoms with Crippen LogP contribution in [-0.4, -0.2) is 18.5 Å². The summed E-state index contributed by atoms with van der Waals surface area (Å²) in [6.45, 7) is 0. The molecule has 1 aromatic rings. The Morgan fingerprint density at radius 3 is 2.80 bits per heavy atom. The van der Waals surface area contributed by atoms with E-state index in [9.17, 15) is 9.18 Å². The smallest absolute Gasteiger partial charge is 0.324 e. The second kappa shape index (κ2) is 5.47. The highest BCUT2D eigenvalue weighted by Crippen LogP contribution is 2.17. The summed E-state index contributed by atoms with van der Waals surface area (Å²) in [5.41, 5.74) is 0.646. The lowest BCUT2D eigenvalue weighted by atomic mass is 10.1. The maximum Gasteiger partial charge on any atom is 0.324 e. The Labute approximate surface area is 101 Å². The number of carbonyl (C=O) groups is 1. The van der Waals surface area contributed by atoms with Crippen molar-refractivity contribution in [1.29, 1.82) is 0 Å². The third-order valence-corrected chi connectivity index (χ3v) is 2.58. The minimum Gasteiger partial charge on any atom is -0.468 e. The molecule has 2 nitrogen and oxygen atoms in total. The molecule has 0 aliphatic rings. The van der Waals surface area contributed by atoms with Crippen LogP contribution >= 0.6 is 27.5 Å². The van der Waals surface area contributed by atoms with E-state index in [1.54, 1.807) is 6.07 Å². The maximum absolute atomic E-state index is 13.0. The van der Waals surface area contributed by atoms with E-state index in [1.807, 2.05) is 0 Å². The molecular weight excluding hydrogens is 286 g/mol. The fourth-order valence-corrected chi connectivity index (χ4v) is 1.93. The van der Waals surface area contributed by atoms with Gasteiger partial charge in [0.05, 0.1) is 7.11 Å². The first kappa shape index (κ1) is 12.5. The molecule has 1 rings (SSSR count). The second-order valence-corrected chi connectivity index (χ2v) is 4.42. The molecule has 0 radical (unpaired) electrons. The number of halogens is 3. The predicted molar refractivity (Wildman–Crippen MR) is 59.5 cm³/mol. The summed E-state index contributed by atoms with van der Waals surface area (Å²) in [6, 6.07) is 4.38. The van der Waals surface area contributed by atoms with Crippen molar-refractivity contribution in [3.8, 4) is 0 Å². The highest BCUT2D eigenvalue weighted by molar-refractivity contribution is 9.10. The summed E-state index contributed by atoms with van der Waals surface area (Å²) in [5, 5.41) is -0.788. The zero-order chi connectivity index (χ0) is 11.4. The monoisotopic (exact) mass is 294 g/mol. The van der Waals surface area contributed by atoms with E-state index in [2.05, 4.69) is 20.7 Å². The Morgan fingerprint density at radius 1 is 1.60 bits per heavy atom. The summed E-state index contributed by atoms with van der Waals surface area (Å²) >= 11 is 8.92. The van der Waals surface area contributed by atoms with Gasteiger partial charge in [0.15, 0.2) is 0 Å². The number of esters is 1. The van der Waals surface area contributed by atoms with E-state index in [-0.39, 0.29) is 12.2 Å². The molecule has 0 fully saturated rings. The molecule has 0 spiro atoms. The number of hydrogen-bond acceptors (Lipinski definition) is 2. The number of hydrogen-bond donors (Lipinski definition) is 0. The van der Waals surface area contributed by atoms with Crippen LogP contribution in [0.25, 0.3) is 0 Å². The standard InChI is InChI=1S/C10H9BrClFO2/c1-15-10(14)9(12)4-6-2-7(11)5-8(13)3-6/h2-3,5,9H,4H2,1H3/t9-/m0/s1. The van der Waals surface area contributed by atoms with Crippen molar-refractivity contribution in [2.45, 2.75) is 11.8 Å². The molecule has 0 amide bonds. The molecule has 1 atom stereocenters. The number of methoxy groups -OCH3 is 1. The summed E-state index contributed by atoms with van der Waals surface area (Å²) in [6.07, 6.45) is 0.241. The van der Waals surface area contributed by atoms with Crippen molar-refractivity contribution in [1.82, 2.24) is 0 Å². The predicted octanol–water partition coefficient (Wildman–Crippen LogP) is 2.91. The van der Waals surface area contributed by atoms with Gasteiger partial charge in [0.2, 0.25) is 0 Å². The highest BCUT2D eigenvalue weighted by atomic mass is 79.9. The zero-order valence-electron chi connectivity index (χ0n) is 7.97. The van der Waals surface area contributed by atoms with E-state index in [0.717, 1.165) is 0 Å². The van der Waals surface area contributed by atoms with Gasteiger partial charge in [-0.3, -0.25) is 4.79 Å². The van der Waals surface area contributed by atoms with E-state index >= 15 is 0 Å². The summed E-state index contributed by atoms with van der Waals surface area (Å²) in [4.78, 5) is 11.0. The topological polar surface area (TPSA) is 26.3 Å². The Balaban J connectivity index is 2.76. The molecule has 0 saturated carbocycles. The molecule has 0 aliphatic heterocycles. The van der Waals surface area contributed by atoms with Crippen LogP contribution in [0.15, 0.2) is 22.7 Å². The zero-order valence-corrected chi connectivity index (χ0v) is 10.3. The van der Waals surface area contributed by atoms with E-state index in [4.69, 9.17) is 11.6 Å². The van der Waals surface area contributed by atoms with Gasteiger partial charge in [-0.25, -0.2) is 4.39 Å². The maximum atomic E-state index is 13.0. The molecule has 5 heteroatoms. The van der Waals surface area contributed by atoms with Crippen LogP contribution in [0, 0.1) is 5.82 Å². The van der Waals surface area contributed by atoms with Crippen molar-refractivity contribution in [2.24, 2.45) is 0 Å². The van der Waals surface area contributed by atoms with Crippen LogP contribution in [0.4, 0.5) is 4.39 Å². The van der Waals surface area contributed by atoms with Gasteiger partial charge < -0.3 is 4.74 Å². The van der Waals surface area contributed by atoms with Gasteiger partial charge in [-0.1, -0.05) is 15.9 Å². The average molecular weight is 296 g/mol. The number of ether oxygens (including phenoxy) is 1. The molecule has 15 heavy (non-hydrogen) atoms. The van der Waals surface area contributed by atoms with Gasteiger partial charge in [-0.15, -0.1) is 11.6 Å². The third kappa shape index (κ3) is 3.80. The SMILES string of the molecule is COC(=O)[C@@H](Cl)Cc1cc(F)cc(Br)c1. The van der Waals surface area contributed by atoms with Crippen molar-refractivity contribution in [3.63, 3.8) is 0 Å². The first-order valence-electron chi connectivity index (χ1n) is 4.20. The minimum atomic E-state index is -0.788. The van der Waals surface area contributed by atoms with Crippen LogP contribution < -0.4 is 0 Å². The highest BCUT2D eigenvalue weighted by Gasteiger charge is 2.16. The van der Waals surface area contributed by atoms with Crippen LogP contribution in [0.3, 0.4) is 0 Å². The van der Waals surface area contributed by atoms with Gasteiger partial charge in [-0.2, -0.15) is 0 Å². The summed E-state index contributed by atoms with van der Waals surface area (Å²) < 4.78 is 18.1. The van der Waals surface area contributed by atoms with E-state index in [0.29, 0.717) is 10.0 Å². The molecule has 1 aromatic carbocycles. The third-order valence-electron chi connectivity index (χ3n) is 1.79. The molecular formula is C10H9BrClFO2. The molecule has 0 bridgehead atoms. The van der Waals surface area contributed by atoms with E-state index in [1.165, 1.54) is 19.2 Å². The van der Waals surface area contributed by atoms with Crippen molar-refractivity contribution in [3.05, 3.63) is 34.1 Å². The quantitative estimate of drug-likeness (QED) is 0.633. The van der Waals surface area contributed by atoms with Crippen molar-refractivity contribution >= 4 is 33.5 Å². The molecule has 82 valence electrons. The van der Waals surface area contributed by atoms with Gasteiger partial charge in [0.25, 0.3) is 0 Å². The van der Waals surface area contributed by atoms with Gasteiger partial charge in [-0.05, 0) is 30.2 Å². The summed E-state index contributed by atoms with van der Waals surface area (Å²) in [7, 11) is 1.26. The molecule has 0 aromatic heterocycles. The number of rotatable bonds is 3. The van der Waals surface area contributed by atoms with Crippen molar-refractivity contribution in [2.75, 3.05) is 7.11 Å². The van der Waals surface area contributed by atoms with Crippen LogP contribution in [-0.2, 0) is 16.0 Å². The first-order chi connectivity index (χ1) is 7.02. The normalized spacial score (nSPS) is 12.3. The lowest BCUT2D eigenvalue weighted by molar-refractivity contribution is -0.140. The van der Waals surface area contributed by atoms with Crippen LogP contribution in [0.2, 0.25) is 0 Å². The van der Waals surface area contributed by atoms with Gasteiger partial charge in [0.1, 0.15) is 11.2 Å². The van der Waals surface area contributed by atoms with Gasteiger partial charge in [0, 0.05) is 4.47 Å². The molecule has 0 aliphatic carbocycles. The minimum absolute atomic E-state index is 0.241. The Hall–Kier alpha value is -0.610.